The summed E-state index contributed by atoms with van der Waals surface area (Å²) in [6, 6.07) is 8.62. The van der Waals surface area contributed by atoms with E-state index in [2.05, 4.69) is 55.9 Å². The van der Waals surface area contributed by atoms with E-state index in [0.29, 0.717) is 12.2 Å². The first kappa shape index (κ1) is 18.4. The summed E-state index contributed by atoms with van der Waals surface area (Å²) < 4.78 is 2.30. The number of pyridine rings is 1. The zero-order valence-electron chi connectivity index (χ0n) is 13.6. The van der Waals surface area contributed by atoms with E-state index in [1.54, 1.807) is 0 Å². The second-order valence-electron chi connectivity index (χ2n) is 5.47. The highest BCUT2D eigenvalue weighted by atomic mass is 16.4. The number of carbonyl (C=O) groups excluding carboxylic acids is 1. The van der Waals surface area contributed by atoms with Crippen LogP contribution in [0.25, 0.3) is 5.52 Å². The van der Waals surface area contributed by atoms with Crippen LogP contribution in [0.1, 0.15) is 11.3 Å². The van der Waals surface area contributed by atoms with Crippen LogP contribution in [0.3, 0.4) is 0 Å². The molecule has 2 N–H and O–H groups in total. The number of hydrogen-bond donors (Lipinski definition) is 2. The van der Waals surface area contributed by atoms with Crippen LogP contribution in [-0.2, 0) is 16.0 Å². The highest BCUT2D eigenvalue weighted by Crippen LogP contribution is 2.15. The Balaban J connectivity index is 0.000000284. The van der Waals surface area contributed by atoms with Crippen molar-refractivity contribution in [2.75, 3.05) is 20.6 Å². The van der Waals surface area contributed by atoms with Gasteiger partial charge in [-0.2, -0.15) is 0 Å². The summed E-state index contributed by atoms with van der Waals surface area (Å²) in [6.45, 7) is 3.38. The Labute approximate surface area is 135 Å². The van der Waals surface area contributed by atoms with Gasteiger partial charge in [-0.15, -0.1) is 0 Å². The molecule has 6 nitrogen and oxygen atoms in total. The predicted octanol–water partition coefficient (Wildman–Crippen LogP) is -0.688. The number of carboxylic acid groups (broad SMARTS) is 2. The molecule has 2 aromatic rings. The predicted molar refractivity (Wildman–Crippen MR) is 85.3 cm³/mol. The first-order valence-corrected chi connectivity index (χ1v) is 7.28. The Morgan fingerprint density at radius 3 is 2.52 bits per heavy atom. The second kappa shape index (κ2) is 8.75. The van der Waals surface area contributed by atoms with Crippen LogP contribution < -0.4 is 10.0 Å². The number of nitrogens with one attached hydrogen (secondary N) is 1. The average Bonchev–Trinajstić information content (AvgIpc) is 2.79. The van der Waals surface area contributed by atoms with Gasteiger partial charge < -0.3 is 24.3 Å². The van der Waals surface area contributed by atoms with Crippen LogP contribution >= 0.6 is 0 Å². The van der Waals surface area contributed by atoms with E-state index in [4.69, 9.17) is 5.11 Å². The molecule has 0 radical (unpaired) electrons. The van der Waals surface area contributed by atoms with Crippen molar-refractivity contribution in [3.63, 3.8) is 0 Å². The number of aliphatic carboxylic acids is 2. The van der Waals surface area contributed by atoms with Gasteiger partial charge in [-0.3, -0.25) is 0 Å². The van der Waals surface area contributed by atoms with E-state index < -0.39 is 11.9 Å². The number of quaternary nitrogens is 1. The molecule has 2 heterocycles. The van der Waals surface area contributed by atoms with E-state index in [1.165, 1.54) is 28.2 Å². The third kappa shape index (κ3) is 6.36. The lowest BCUT2D eigenvalue weighted by Crippen LogP contribution is -3.06. The lowest BCUT2D eigenvalue weighted by molar-refractivity contribution is -0.858. The summed E-state index contributed by atoms with van der Waals surface area (Å²) in [5.74, 6) is -2.80. The molecule has 6 heteroatoms. The van der Waals surface area contributed by atoms with Crippen LogP contribution in [0.5, 0.6) is 0 Å². The minimum atomic E-state index is -1.51. The Kier molecular flexibility index (Phi) is 7.02. The van der Waals surface area contributed by atoms with E-state index >= 15 is 0 Å². The van der Waals surface area contributed by atoms with Crippen molar-refractivity contribution in [3.05, 3.63) is 53.9 Å². The maximum Gasteiger partial charge on any atom is 0.328 e. The number of carbonyl (C=O) groups is 2. The molecule has 0 aliphatic rings. The second-order valence-corrected chi connectivity index (χ2v) is 5.47. The van der Waals surface area contributed by atoms with Crippen molar-refractivity contribution in [1.29, 1.82) is 0 Å². The van der Waals surface area contributed by atoms with Gasteiger partial charge in [0.25, 0.3) is 0 Å². The molecule has 0 aromatic carbocycles. The summed E-state index contributed by atoms with van der Waals surface area (Å²) in [5.41, 5.74) is 4.16. The van der Waals surface area contributed by atoms with Gasteiger partial charge in [0.1, 0.15) is 0 Å². The molecule has 2 rings (SSSR count). The van der Waals surface area contributed by atoms with Gasteiger partial charge in [-0.25, -0.2) is 4.79 Å². The van der Waals surface area contributed by atoms with Crippen LogP contribution in [0.4, 0.5) is 0 Å². The van der Waals surface area contributed by atoms with Crippen molar-refractivity contribution < 1.29 is 24.7 Å². The van der Waals surface area contributed by atoms with Crippen molar-refractivity contribution in [1.82, 2.24) is 4.40 Å². The molecule has 0 atom stereocenters. The molecule has 23 heavy (non-hydrogen) atoms. The molecule has 124 valence electrons. The summed E-state index contributed by atoms with van der Waals surface area (Å²) in [4.78, 5) is 20.5. The largest absolute Gasteiger partial charge is 0.545 e. The molecular formula is C17H22N2O4. The van der Waals surface area contributed by atoms with Crippen LogP contribution in [0, 0.1) is 6.92 Å². The number of likely N-dealkylation sites (N-methyl/N-ethyl adjacent to an activating group) is 1. The van der Waals surface area contributed by atoms with Gasteiger partial charge in [-0.1, -0.05) is 6.07 Å². The van der Waals surface area contributed by atoms with Gasteiger partial charge >= 0.3 is 5.97 Å². The molecule has 0 spiro atoms. The SMILES string of the molecule is Cc1cc2ccccn2c1CC[NH+](C)C.O=C([O-])/C=C\C(=O)O. The summed E-state index contributed by atoms with van der Waals surface area (Å²) in [5, 5.41) is 17.2. The molecule has 0 saturated carbocycles. The molecule has 0 fully saturated rings. The Bertz CT molecular complexity index is 686. The minimum absolute atomic E-state index is 0.447. The first-order chi connectivity index (χ1) is 10.8. The van der Waals surface area contributed by atoms with Gasteiger partial charge in [-0.05, 0) is 36.8 Å². The quantitative estimate of drug-likeness (QED) is 0.715. The van der Waals surface area contributed by atoms with E-state index in [9.17, 15) is 14.7 Å². The molecule has 0 bridgehead atoms. The zero-order chi connectivity index (χ0) is 17.4. The van der Waals surface area contributed by atoms with E-state index in [-0.39, 0.29) is 0 Å². The molecule has 0 amide bonds. The van der Waals surface area contributed by atoms with Crippen LogP contribution in [0.15, 0.2) is 42.6 Å². The number of fused-ring (bicyclic) bond motifs is 1. The van der Waals surface area contributed by atoms with E-state index in [1.807, 2.05) is 0 Å². The monoisotopic (exact) mass is 318 g/mol. The van der Waals surface area contributed by atoms with Gasteiger partial charge in [0.2, 0.25) is 0 Å². The summed E-state index contributed by atoms with van der Waals surface area (Å²) >= 11 is 0. The fourth-order valence-electron chi connectivity index (χ4n) is 2.14. The molecule has 0 aliphatic heterocycles. The Morgan fingerprint density at radius 1 is 1.30 bits per heavy atom. The first-order valence-electron chi connectivity index (χ1n) is 7.28. The molecule has 0 saturated heterocycles. The van der Waals surface area contributed by atoms with Crippen molar-refractivity contribution in [3.8, 4) is 0 Å². The van der Waals surface area contributed by atoms with Crippen LogP contribution in [0.2, 0.25) is 0 Å². The van der Waals surface area contributed by atoms with Gasteiger partial charge in [0.15, 0.2) is 0 Å². The summed E-state index contributed by atoms with van der Waals surface area (Å²) in [7, 11) is 4.40. The van der Waals surface area contributed by atoms with Gasteiger partial charge in [0.05, 0.1) is 26.6 Å². The highest BCUT2D eigenvalue weighted by molar-refractivity contribution is 5.88. The number of aryl methyl sites for hydroxylation is 1. The molecule has 2 aromatic heterocycles. The lowest BCUT2D eigenvalue weighted by Gasteiger charge is -2.08. The van der Waals surface area contributed by atoms with Crippen molar-refractivity contribution in [2.24, 2.45) is 0 Å². The Hall–Kier alpha value is -2.60. The maximum atomic E-state index is 9.53. The van der Waals surface area contributed by atoms with Crippen LogP contribution in [-0.4, -0.2) is 42.1 Å². The lowest BCUT2D eigenvalue weighted by atomic mass is 10.2. The normalized spacial score (nSPS) is 10.8. The maximum absolute atomic E-state index is 9.53. The number of hydrogen-bond acceptors (Lipinski definition) is 3. The molecule has 0 unspecified atom stereocenters. The molecule has 0 aliphatic carbocycles. The fraction of sp³-hybridized carbons (Fsp3) is 0.294. The number of aromatic nitrogens is 1. The number of nitrogens with zero attached hydrogens (tertiary/aromatic N) is 1. The minimum Gasteiger partial charge on any atom is -0.545 e. The smallest absolute Gasteiger partial charge is 0.328 e. The molecular weight excluding hydrogens is 296 g/mol. The zero-order valence-corrected chi connectivity index (χ0v) is 13.6. The number of carboxylic acids is 2. The third-order valence-electron chi connectivity index (χ3n) is 3.23. The third-order valence-corrected chi connectivity index (χ3v) is 3.23. The standard InChI is InChI=1S/C13H18N2.C4H4O4/c1-11-10-12-6-4-5-8-15(12)13(11)7-9-14(2)3;5-3(6)1-2-4(7)8/h4-6,8,10H,7,9H2,1-3H3;1-2H,(H,5,6)(H,7,8)/b;2-1-. The Morgan fingerprint density at radius 2 is 2.00 bits per heavy atom. The average molecular weight is 318 g/mol. The number of rotatable bonds is 5. The van der Waals surface area contributed by atoms with Crippen molar-refractivity contribution >= 4 is 17.5 Å². The summed E-state index contributed by atoms with van der Waals surface area (Å²) in [6.07, 6.45) is 4.24. The van der Waals surface area contributed by atoms with Gasteiger partial charge in [0, 0.05) is 29.9 Å². The highest BCUT2D eigenvalue weighted by Gasteiger charge is 2.07. The van der Waals surface area contributed by atoms with E-state index in [0.717, 1.165) is 6.42 Å². The fourth-order valence-corrected chi connectivity index (χ4v) is 2.14. The van der Waals surface area contributed by atoms with Crippen molar-refractivity contribution in [2.45, 2.75) is 13.3 Å². The topological polar surface area (TPSA) is 86.3 Å².